The predicted molar refractivity (Wildman–Crippen MR) is 78.8 cm³/mol. The summed E-state index contributed by atoms with van der Waals surface area (Å²) in [6.07, 6.45) is 4.85. The lowest BCUT2D eigenvalue weighted by Gasteiger charge is -2.29. The molecule has 4 heteroatoms. The quantitative estimate of drug-likeness (QED) is 0.862. The minimum absolute atomic E-state index is 0.0465. The van der Waals surface area contributed by atoms with Gasteiger partial charge in [0.15, 0.2) is 4.77 Å². The average molecular weight is 273 g/mol. The van der Waals surface area contributed by atoms with Crippen molar-refractivity contribution in [3.8, 4) is 0 Å². The maximum absolute atomic E-state index is 5.35. The van der Waals surface area contributed by atoms with E-state index in [2.05, 4.69) is 52.0 Å². The maximum atomic E-state index is 5.35. The van der Waals surface area contributed by atoms with Gasteiger partial charge in [-0.25, -0.2) is 0 Å². The Morgan fingerprint density at radius 2 is 1.95 bits per heavy atom. The first-order valence-corrected chi connectivity index (χ1v) is 7.40. The number of nitrogens with one attached hydrogen (secondary N) is 1. The molecule has 100 valence electrons. The minimum atomic E-state index is 0.0465. The summed E-state index contributed by atoms with van der Waals surface area (Å²) in [6.45, 7) is 3.00. The van der Waals surface area contributed by atoms with Crippen LogP contribution >= 0.6 is 12.2 Å². The Bertz CT molecular complexity index is 606. The van der Waals surface area contributed by atoms with Crippen molar-refractivity contribution in [3.05, 3.63) is 46.5 Å². The van der Waals surface area contributed by atoms with Crippen molar-refractivity contribution >= 4 is 12.2 Å². The Balaban J connectivity index is 2.19. The first kappa shape index (κ1) is 12.6. The number of rotatable bonds is 3. The summed E-state index contributed by atoms with van der Waals surface area (Å²) in [5.74, 6) is 1.11. The lowest BCUT2D eigenvalue weighted by atomic mass is 9.78. The molecule has 1 aromatic carbocycles. The molecule has 0 atom stereocenters. The van der Waals surface area contributed by atoms with Gasteiger partial charge < -0.3 is 4.57 Å². The van der Waals surface area contributed by atoms with Gasteiger partial charge in [-0.1, -0.05) is 43.2 Å². The van der Waals surface area contributed by atoms with E-state index in [9.17, 15) is 0 Å². The third-order valence-electron chi connectivity index (χ3n) is 4.29. The summed E-state index contributed by atoms with van der Waals surface area (Å²) < 4.78 is 2.88. The molecule has 1 N–H and O–H groups in total. The van der Waals surface area contributed by atoms with Gasteiger partial charge in [0.2, 0.25) is 0 Å². The van der Waals surface area contributed by atoms with Crippen LogP contribution in [0.3, 0.4) is 0 Å². The van der Waals surface area contributed by atoms with Crippen LogP contribution in [0.5, 0.6) is 0 Å². The molecule has 0 radical (unpaired) electrons. The van der Waals surface area contributed by atoms with E-state index in [1.165, 1.54) is 18.4 Å². The van der Waals surface area contributed by atoms with Crippen LogP contribution in [0.25, 0.3) is 0 Å². The zero-order valence-corrected chi connectivity index (χ0v) is 12.0. The van der Waals surface area contributed by atoms with Gasteiger partial charge >= 0.3 is 0 Å². The number of hydrogen-bond donors (Lipinski definition) is 1. The summed E-state index contributed by atoms with van der Waals surface area (Å²) in [5.41, 5.74) is 1.42. The molecule has 0 aliphatic heterocycles. The van der Waals surface area contributed by atoms with Crippen molar-refractivity contribution in [2.45, 2.75) is 44.6 Å². The van der Waals surface area contributed by atoms with Crippen LogP contribution in [0.1, 0.15) is 44.0 Å². The molecule has 1 saturated carbocycles. The van der Waals surface area contributed by atoms with Crippen molar-refractivity contribution < 1.29 is 0 Å². The zero-order chi connectivity index (χ0) is 13.3. The molecule has 3 rings (SSSR count). The predicted octanol–water partition coefficient (Wildman–Crippen LogP) is 3.82. The Hall–Kier alpha value is -1.42. The Labute approximate surface area is 118 Å². The molecule has 0 saturated heterocycles. The first-order chi connectivity index (χ1) is 9.28. The van der Waals surface area contributed by atoms with Crippen LogP contribution in [0.15, 0.2) is 30.3 Å². The molecule has 1 aliphatic rings. The molecule has 2 aromatic rings. The van der Waals surface area contributed by atoms with Gasteiger partial charge in [0, 0.05) is 6.54 Å². The van der Waals surface area contributed by atoms with Gasteiger partial charge in [-0.05, 0) is 37.5 Å². The van der Waals surface area contributed by atoms with E-state index in [1.807, 2.05) is 0 Å². The van der Waals surface area contributed by atoms with Crippen LogP contribution in [-0.2, 0) is 12.0 Å². The fourth-order valence-electron chi connectivity index (χ4n) is 3.35. The van der Waals surface area contributed by atoms with Gasteiger partial charge in [0.05, 0.1) is 5.41 Å². The van der Waals surface area contributed by atoms with Gasteiger partial charge in [-0.2, -0.15) is 5.10 Å². The van der Waals surface area contributed by atoms with Crippen LogP contribution in [-0.4, -0.2) is 14.8 Å². The zero-order valence-electron chi connectivity index (χ0n) is 11.2. The van der Waals surface area contributed by atoms with E-state index in [0.29, 0.717) is 0 Å². The summed E-state index contributed by atoms with van der Waals surface area (Å²) >= 11 is 5.35. The number of hydrogen-bond acceptors (Lipinski definition) is 2. The second-order valence-electron chi connectivity index (χ2n) is 5.25. The van der Waals surface area contributed by atoms with Gasteiger partial charge in [-0.15, -0.1) is 0 Å². The molecular weight excluding hydrogens is 254 g/mol. The number of aromatic amines is 1. The van der Waals surface area contributed by atoms with Gasteiger partial charge in [0.1, 0.15) is 5.82 Å². The molecule has 1 heterocycles. The van der Waals surface area contributed by atoms with E-state index in [0.717, 1.165) is 30.0 Å². The normalized spacial score (nSPS) is 17.7. The van der Waals surface area contributed by atoms with E-state index >= 15 is 0 Å². The highest BCUT2D eigenvalue weighted by Crippen LogP contribution is 2.45. The monoisotopic (exact) mass is 273 g/mol. The van der Waals surface area contributed by atoms with Crippen LogP contribution < -0.4 is 0 Å². The largest absolute Gasteiger partial charge is 0.304 e. The molecule has 0 unspecified atom stereocenters. The van der Waals surface area contributed by atoms with Gasteiger partial charge in [0.25, 0.3) is 0 Å². The Kier molecular flexibility index (Phi) is 3.27. The number of H-pyrrole nitrogens is 1. The van der Waals surface area contributed by atoms with Crippen molar-refractivity contribution in [2.24, 2.45) is 0 Å². The van der Waals surface area contributed by atoms with Crippen LogP contribution in [0.4, 0.5) is 0 Å². The van der Waals surface area contributed by atoms with Crippen molar-refractivity contribution in [2.75, 3.05) is 0 Å². The van der Waals surface area contributed by atoms with Crippen molar-refractivity contribution in [1.29, 1.82) is 0 Å². The molecular formula is C15H19N3S. The third kappa shape index (κ3) is 1.94. The van der Waals surface area contributed by atoms with Crippen LogP contribution in [0, 0.1) is 4.77 Å². The van der Waals surface area contributed by atoms with Crippen LogP contribution in [0.2, 0.25) is 0 Å². The second-order valence-corrected chi connectivity index (χ2v) is 5.64. The summed E-state index contributed by atoms with van der Waals surface area (Å²) in [4.78, 5) is 0. The second kappa shape index (κ2) is 4.93. The Morgan fingerprint density at radius 3 is 2.58 bits per heavy atom. The molecule has 19 heavy (non-hydrogen) atoms. The summed E-state index contributed by atoms with van der Waals surface area (Å²) in [7, 11) is 0. The highest BCUT2D eigenvalue weighted by molar-refractivity contribution is 7.71. The third-order valence-corrected chi connectivity index (χ3v) is 4.60. The highest BCUT2D eigenvalue weighted by Gasteiger charge is 2.41. The fraction of sp³-hybridized carbons (Fsp3) is 0.467. The SMILES string of the molecule is CCn1c(C2(c3ccccc3)CCCC2)n[nH]c1=S. The average Bonchev–Trinajstić information content (AvgIpc) is 3.07. The van der Waals surface area contributed by atoms with Crippen molar-refractivity contribution in [1.82, 2.24) is 14.8 Å². The molecule has 0 spiro atoms. The number of nitrogens with zero attached hydrogens (tertiary/aromatic N) is 2. The van der Waals surface area contributed by atoms with E-state index in [4.69, 9.17) is 12.2 Å². The number of benzene rings is 1. The molecule has 0 amide bonds. The molecule has 1 aliphatic carbocycles. The van der Waals surface area contributed by atoms with E-state index in [1.54, 1.807) is 0 Å². The molecule has 3 nitrogen and oxygen atoms in total. The smallest absolute Gasteiger partial charge is 0.195 e. The minimum Gasteiger partial charge on any atom is -0.304 e. The maximum Gasteiger partial charge on any atom is 0.195 e. The Morgan fingerprint density at radius 1 is 1.26 bits per heavy atom. The van der Waals surface area contributed by atoms with E-state index < -0.39 is 0 Å². The van der Waals surface area contributed by atoms with Gasteiger partial charge in [-0.3, -0.25) is 5.10 Å². The molecule has 1 aromatic heterocycles. The van der Waals surface area contributed by atoms with Crippen molar-refractivity contribution in [3.63, 3.8) is 0 Å². The molecule has 1 fully saturated rings. The first-order valence-electron chi connectivity index (χ1n) is 6.99. The van der Waals surface area contributed by atoms with E-state index in [-0.39, 0.29) is 5.41 Å². The summed E-state index contributed by atoms with van der Waals surface area (Å²) in [6, 6.07) is 10.8. The number of aromatic nitrogens is 3. The standard InChI is InChI=1S/C15H19N3S/c1-2-18-13(16-17-14(18)19)15(10-6-7-11-15)12-8-4-3-5-9-12/h3-5,8-9H,2,6-7,10-11H2,1H3,(H,17,19). The lowest BCUT2D eigenvalue weighted by molar-refractivity contribution is 0.468. The fourth-order valence-corrected chi connectivity index (χ4v) is 3.61. The summed E-state index contributed by atoms with van der Waals surface area (Å²) in [5, 5.41) is 7.54. The lowest BCUT2D eigenvalue weighted by Crippen LogP contribution is -2.28. The highest BCUT2D eigenvalue weighted by atomic mass is 32.1. The topological polar surface area (TPSA) is 33.6 Å². The molecule has 0 bridgehead atoms.